The van der Waals surface area contributed by atoms with Crippen LogP contribution in [0.1, 0.15) is 18.7 Å². The van der Waals surface area contributed by atoms with Crippen molar-refractivity contribution in [2.75, 3.05) is 23.7 Å². The van der Waals surface area contributed by atoms with Crippen molar-refractivity contribution in [2.45, 2.75) is 25.8 Å². The second kappa shape index (κ2) is 5.40. The van der Waals surface area contributed by atoms with Crippen LogP contribution in [0.25, 0.3) is 11.0 Å². The first-order chi connectivity index (χ1) is 10.5. The summed E-state index contributed by atoms with van der Waals surface area (Å²) in [5.74, 6) is 0.930. The van der Waals surface area contributed by atoms with Gasteiger partial charge in [-0.2, -0.15) is 0 Å². The van der Waals surface area contributed by atoms with E-state index < -0.39 is 6.09 Å². The molecule has 1 aromatic heterocycles. The molecule has 1 aliphatic rings. The molecule has 1 atom stereocenters. The van der Waals surface area contributed by atoms with Crippen LogP contribution in [0, 0.1) is 6.92 Å². The third-order valence-corrected chi connectivity index (χ3v) is 4.35. The summed E-state index contributed by atoms with van der Waals surface area (Å²) in [6.45, 7) is 3.44. The van der Waals surface area contributed by atoms with Crippen LogP contribution < -0.4 is 16.0 Å². The van der Waals surface area contributed by atoms with Crippen LogP contribution in [0.2, 0.25) is 0 Å². The number of nitrogen functional groups attached to an aromatic ring is 1. The van der Waals surface area contributed by atoms with Gasteiger partial charge in [0.15, 0.2) is 0 Å². The molecule has 7 heteroatoms. The Morgan fingerprint density at radius 1 is 1.50 bits per heavy atom. The van der Waals surface area contributed by atoms with Crippen LogP contribution in [0.4, 0.5) is 16.2 Å². The average Bonchev–Trinajstić information content (AvgIpc) is 2.73. The van der Waals surface area contributed by atoms with Crippen LogP contribution in [0.15, 0.2) is 12.1 Å². The summed E-state index contributed by atoms with van der Waals surface area (Å²) in [6, 6.07) is 3.80. The van der Waals surface area contributed by atoms with E-state index in [2.05, 4.69) is 15.2 Å². The van der Waals surface area contributed by atoms with Crippen molar-refractivity contribution in [2.24, 2.45) is 7.05 Å². The van der Waals surface area contributed by atoms with E-state index in [1.807, 2.05) is 30.7 Å². The zero-order chi connectivity index (χ0) is 15.9. The molecule has 0 saturated carbocycles. The van der Waals surface area contributed by atoms with E-state index in [1.54, 1.807) is 0 Å². The number of carbonyl (C=O) groups is 1. The van der Waals surface area contributed by atoms with Gasteiger partial charge < -0.3 is 25.6 Å². The summed E-state index contributed by atoms with van der Waals surface area (Å²) in [5, 5.41) is 11.5. The normalized spacial score (nSPS) is 18.6. The number of nitrogens with zero attached hydrogens (tertiary/aromatic N) is 3. The molecule has 7 nitrogen and oxygen atoms in total. The number of nitrogens with two attached hydrogens (primary N) is 1. The van der Waals surface area contributed by atoms with Gasteiger partial charge in [-0.25, -0.2) is 9.78 Å². The number of aryl methyl sites for hydroxylation is 2. The lowest BCUT2D eigenvalue weighted by atomic mass is 10.0. The Balaban J connectivity index is 2.00. The standard InChI is InChI=1S/C15H21N5O2/c1-9-17-13-12(19(9)2)6-5-11(16)14(13)20-7-3-4-10(8-20)18-15(21)22/h5-6,10,18H,3-4,7-8,16H2,1-2H3,(H,21,22)/t10-/m1/s1. The van der Waals surface area contributed by atoms with Crippen LogP contribution in [0.3, 0.4) is 0 Å². The molecule has 2 aromatic rings. The number of piperidine rings is 1. The Hall–Kier alpha value is -2.44. The van der Waals surface area contributed by atoms with E-state index in [0.717, 1.165) is 41.9 Å². The molecule has 22 heavy (non-hydrogen) atoms. The predicted octanol–water partition coefficient (Wildman–Crippen LogP) is 1.70. The van der Waals surface area contributed by atoms with Gasteiger partial charge in [-0.05, 0) is 31.9 Å². The van der Waals surface area contributed by atoms with Gasteiger partial charge in [0, 0.05) is 26.2 Å². The number of carboxylic acid groups (broad SMARTS) is 1. The molecule has 0 aliphatic carbocycles. The maximum Gasteiger partial charge on any atom is 0.404 e. The van der Waals surface area contributed by atoms with Crippen LogP contribution in [-0.4, -0.2) is 39.9 Å². The molecule has 118 valence electrons. The number of fused-ring (bicyclic) bond motifs is 1. The Bertz CT molecular complexity index is 724. The summed E-state index contributed by atoms with van der Waals surface area (Å²) in [4.78, 5) is 17.7. The van der Waals surface area contributed by atoms with Crippen molar-refractivity contribution in [1.29, 1.82) is 0 Å². The molecule has 1 aromatic carbocycles. The summed E-state index contributed by atoms with van der Waals surface area (Å²) < 4.78 is 2.04. The van der Waals surface area contributed by atoms with E-state index in [9.17, 15) is 4.79 Å². The van der Waals surface area contributed by atoms with E-state index in [4.69, 9.17) is 10.8 Å². The lowest BCUT2D eigenvalue weighted by Crippen LogP contribution is -2.47. The second-order valence-electron chi connectivity index (χ2n) is 5.82. The van der Waals surface area contributed by atoms with Crippen molar-refractivity contribution >= 4 is 28.5 Å². The largest absolute Gasteiger partial charge is 0.465 e. The van der Waals surface area contributed by atoms with Crippen LogP contribution >= 0.6 is 0 Å². The maximum absolute atomic E-state index is 10.9. The fraction of sp³-hybridized carbons (Fsp3) is 0.467. The molecular weight excluding hydrogens is 282 g/mol. The van der Waals surface area contributed by atoms with Crippen molar-refractivity contribution in [3.63, 3.8) is 0 Å². The van der Waals surface area contributed by atoms with Gasteiger partial charge in [0.25, 0.3) is 0 Å². The quantitative estimate of drug-likeness (QED) is 0.734. The van der Waals surface area contributed by atoms with Crippen molar-refractivity contribution in [1.82, 2.24) is 14.9 Å². The van der Waals surface area contributed by atoms with E-state index in [1.165, 1.54) is 0 Å². The fourth-order valence-electron chi connectivity index (χ4n) is 3.18. The van der Waals surface area contributed by atoms with Crippen molar-refractivity contribution in [3.8, 4) is 0 Å². The van der Waals surface area contributed by atoms with E-state index in [0.29, 0.717) is 12.2 Å². The van der Waals surface area contributed by atoms with Crippen LogP contribution in [-0.2, 0) is 7.05 Å². The lowest BCUT2D eigenvalue weighted by molar-refractivity contribution is 0.188. The molecule has 3 rings (SSSR count). The van der Waals surface area contributed by atoms with Crippen molar-refractivity contribution < 1.29 is 9.90 Å². The molecule has 0 unspecified atom stereocenters. The average molecular weight is 303 g/mol. The highest BCUT2D eigenvalue weighted by Crippen LogP contribution is 2.34. The number of nitrogens with one attached hydrogen (secondary N) is 1. The minimum absolute atomic E-state index is 0.0780. The van der Waals surface area contributed by atoms with Gasteiger partial charge in [0.1, 0.15) is 11.3 Å². The summed E-state index contributed by atoms with van der Waals surface area (Å²) >= 11 is 0. The Morgan fingerprint density at radius 2 is 2.27 bits per heavy atom. The van der Waals surface area contributed by atoms with Crippen LogP contribution in [0.5, 0.6) is 0 Å². The second-order valence-corrected chi connectivity index (χ2v) is 5.82. The SMILES string of the molecule is Cc1nc2c(N3CCC[C@@H](NC(=O)O)C3)c(N)ccc2n1C. The third kappa shape index (κ3) is 2.43. The molecule has 0 radical (unpaired) electrons. The molecule has 4 N–H and O–H groups in total. The lowest BCUT2D eigenvalue weighted by Gasteiger charge is -2.35. The van der Waals surface area contributed by atoms with Gasteiger partial charge in [-0.3, -0.25) is 0 Å². The first-order valence-corrected chi connectivity index (χ1v) is 7.43. The van der Waals surface area contributed by atoms with Gasteiger partial charge in [0.2, 0.25) is 0 Å². The Morgan fingerprint density at radius 3 is 3.00 bits per heavy atom. The number of hydrogen-bond donors (Lipinski definition) is 3. The fourth-order valence-corrected chi connectivity index (χ4v) is 3.18. The minimum Gasteiger partial charge on any atom is -0.465 e. The summed E-state index contributed by atoms with van der Waals surface area (Å²) in [6.07, 6.45) is 0.790. The molecule has 1 amide bonds. The highest BCUT2D eigenvalue weighted by atomic mass is 16.4. The van der Waals surface area contributed by atoms with E-state index in [-0.39, 0.29) is 6.04 Å². The zero-order valence-electron chi connectivity index (χ0n) is 12.8. The number of anilines is 2. The molecular formula is C15H21N5O2. The summed E-state index contributed by atoms with van der Waals surface area (Å²) in [5.41, 5.74) is 9.71. The molecule has 1 fully saturated rings. The monoisotopic (exact) mass is 303 g/mol. The highest BCUT2D eigenvalue weighted by Gasteiger charge is 2.25. The van der Waals surface area contributed by atoms with E-state index >= 15 is 0 Å². The highest BCUT2D eigenvalue weighted by molar-refractivity contribution is 5.96. The molecule has 0 bridgehead atoms. The van der Waals surface area contributed by atoms with Gasteiger partial charge >= 0.3 is 6.09 Å². The zero-order valence-corrected chi connectivity index (χ0v) is 12.8. The first kappa shape index (κ1) is 14.5. The smallest absolute Gasteiger partial charge is 0.404 e. The minimum atomic E-state index is -0.980. The number of hydrogen-bond acceptors (Lipinski definition) is 4. The number of aromatic nitrogens is 2. The number of amides is 1. The number of imidazole rings is 1. The van der Waals surface area contributed by atoms with Gasteiger partial charge in [-0.1, -0.05) is 0 Å². The molecule has 0 spiro atoms. The topological polar surface area (TPSA) is 96.4 Å². The molecule has 1 aliphatic heterocycles. The predicted molar refractivity (Wildman–Crippen MR) is 86.3 cm³/mol. The van der Waals surface area contributed by atoms with Gasteiger partial charge in [0.05, 0.1) is 16.9 Å². The maximum atomic E-state index is 10.9. The first-order valence-electron chi connectivity index (χ1n) is 7.43. The number of benzene rings is 1. The Kier molecular flexibility index (Phi) is 3.56. The number of rotatable bonds is 2. The summed E-state index contributed by atoms with van der Waals surface area (Å²) in [7, 11) is 1.98. The molecule has 2 heterocycles. The molecule has 1 saturated heterocycles. The Labute approximate surface area is 128 Å². The van der Waals surface area contributed by atoms with Gasteiger partial charge in [-0.15, -0.1) is 0 Å². The third-order valence-electron chi connectivity index (χ3n) is 4.35. The van der Waals surface area contributed by atoms with Crippen molar-refractivity contribution in [3.05, 3.63) is 18.0 Å².